The first-order valence-electron chi connectivity index (χ1n) is 11.1. The normalized spacial score (nSPS) is 15.6. The summed E-state index contributed by atoms with van der Waals surface area (Å²) in [7, 11) is 0. The molecule has 1 saturated heterocycles. The third-order valence-corrected chi connectivity index (χ3v) is 6.32. The fourth-order valence-electron chi connectivity index (χ4n) is 4.32. The number of hydrogen-bond acceptors (Lipinski definition) is 4. The van der Waals surface area contributed by atoms with Crippen molar-refractivity contribution in [3.63, 3.8) is 0 Å². The van der Waals surface area contributed by atoms with Gasteiger partial charge in [0.05, 0.1) is 0 Å². The summed E-state index contributed by atoms with van der Waals surface area (Å²) in [6.45, 7) is 3.81. The van der Waals surface area contributed by atoms with Crippen LogP contribution in [0.1, 0.15) is 6.92 Å². The maximum absolute atomic E-state index is 13.4. The molecule has 2 heterocycles. The summed E-state index contributed by atoms with van der Waals surface area (Å²) in [6.07, 6.45) is 0. The Kier molecular flexibility index (Phi) is 7.38. The predicted molar refractivity (Wildman–Crippen MR) is 141 cm³/mol. The molecular formula is C26H24Cl2FN5O. The lowest BCUT2D eigenvalue weighted by Crippen LogP contribution is -2.55. The van der Waals surface area contributed by atoms with Gasteiger partial charge in [-0.1, -0.05) is 35.9 Å². The minimum atomic E-state index is -0.288. The van der Waals surface area contributed by atoms with E-state index in [9.17, 15) is 9.18 Å². The number of nitrogens with one attached hydrogen (secondary N) is 1. The lowest BCUT2D eigenvalue weighted by molar-refractivity contribution is 0.200. The number of carbonyl (C=O) groups excluding carboxylic acids is 1. The number of nitrogens with zero attached hydrogens (tertiary/aromatic N) is 4. The van der Waals surface area contributed by atoms with Gasteiger partial charge in [0.25, 0.3) is 0 Å². The fraction of sp³-hybridized carbons (Fsp3) is 0.192. The van der Waals surface area contributed by atoms with Crippen LogP contribution in [0.2, 0.25) is 5.02 Å². The number of urea groups is 1. The zero-order valence-corrected chi connectivity index (χ0v) is 20.6. The molecular weight excluding hydrogens is 488 g/mol. The highest BCUT2D eigenvalue weighted by Crippen LogP contribution is 2.33. The molecule has 1 unspecified atom stereocenters. The monoisotopic (exact) mass is 511 g/mol. The SMILES string of the molecule is CC1CN(C(=O)Nc2ccc(Cl)cc2)CCN1c1nnc(-c2ccc(F)cc2)c2ccccc12.Cl. The van der Waals surface area contributed by atoms with Gasteiger partial charge >= 0.3 is 6.03 Å². The number of rotatable bonds is 3. The lowest BCUT2D eigenvalue weighted by Gasteiger charge is -2.40. The summed E-state index contributed by atoms with van der Waals surface area (Å²) in [5.74, 6) is 0.496. The van der Waals surface area contributed by atoms with Gasteiger partial charge in [-0.2, -0.15) is 0 Å². The van der Waals surface area contributed by atoms with E-state index in [0.717, 1.165) is 22.2 Å². The summed E-state index contributed by atoms with van der Waals surface area (Å²) in [5, 5.41) is 14.6. The number of amides is 2. The smallest absolute Gasteiger partial charge is 0.321 e. The fourth-order valence-corrected chi connectivity index (χ4v) is 4.44. The summed E-state index contributed by atoms with van der Waals surface area (Å²) in [5.41, 5.74) is 2.24. The molecule has 0 spiro atoms. The van der Waals surface area contributed by atoms with Gasteiger partial charge in [0.15, 0.2) is 5.82 Å². The molecule has 5 rings (SSSR count). The van der Waals surface area contributed by atoms with E-state index in [-0.39, 0.29) is 30.3 Å². The molecule has 3 aromatic carbocycles. The predicted octanol–water partition coefficient (Wildman–Crippen LogP) is 6.25. The molecule has 1 N–H and O–H groups in total. The number of halogens is 3. The van der Waals surface area contributed by atoms with E-state index in [1.807, 2.05) is 24.3 Å². The van der Waals surface area contributed by atoms with Crippen molar-refractivity contribution in [3.8, 4) is 11.3 Å². The van der Waals surface area contributed by atoms with Crippen LogP contribution in [0.15, 0.2) is 72.8 Å². The van der Waals surface area contributed by atoms with E-state index >= 15 is 0 Å². The number of fused-ring (bicyclic) bond motifs is 1. The first-order valence-corrected chi connectivity index (χ1v) is 11.5. The molecule has 35 heavy (non-hydrogen) atoms. The van der Waals surface area contributed by atoms with Gasteiger partial charge in [0.1, 0.15) is 11.5 Å². The molecule has 0 saturated carbocycles. The first-order chi connectivity index (χ1) is 16.5. The van der Waals surface area contributed by atoms with E-state index in [1.165, 1.54) is 12.1 Å². The van der Waals surface area contributed by atoms with Gasteiger partial charge in [0.2, 0.25) is 0 Å². The Morgan fingerprint density at radius 1 is 0.971 bits per heavy atom. The Morgan fingerprint density at radius 2 is 1.66 bits per heavy atom. The standard InChI is InChI=1S/C26H23ClFN5O.ClH/c1-17-16-32(26(34)29-21-12-8-19(27)9-13-21)14-15-33(17)25-23-5-3-2-4-22(23)24(30-31-25)18-6-10-20(28)11-7-18;/h2-13,17H,14-16H2,1H3,(H,29,34);1H. The van der Waals surface area contributed by atoms with Crippen LogP contribution >= 0.6 is 24.0 Å². The minimum absolute atomic E-state index is 0. The highest BCUT2D eigenvalue weighted by Gasteiger charge is 2.29. The second-order valence-corrected chi connectivity index (χ2v) is 8.79. The highest BCUT2D eigenvalue weighted by molar-refractivity contribution is 6.30. The van der Waals surface area contributed by atoms with Crippen LogP contribution in [0.4, 0.5) is 20.7 Å². The number of anilines is 2. The summed E-state index contributed by atoms with van der Waals surface area (Å²) >= 11 is 5.93. The van der Waals surface area contributed by atoms with E-state index in [1.54, 1.807) is 41.3 Å². The number of benzene rings is 3. The quantitative estimate of drug-likeness (QED) is 0.352. The van der Waals surface area contributed by atoms with Crippen LogP contribution in [0.25, 0.3) is 22.0 Å². The maximum Gasteiger partial charge on any atom is 0.321 e. The van der Waals surface area contributed by atoms with E-state index in [0.29, 0.717) is 36.0 Å². The Hall–Kier alpha value is -3.42. The molecule has 2 amide bonds. The van der Waals surface area contributed by atoms with Gasteiger partial charge in [0, 0.05) is 52.7 Å². The first kappa shape index (κ1) is 24.7. The molecule has 6 nitrogen and oxygen atoms in total. The van der Waals surface area contributed by atoms with Crippen LogP contribution in [-0.2, 0) is 0 Å². The second-order valence-electron chi connectivity index (χ2n) is 8.35. The van der Waals surface area contributed by atoms with Gasteiger partial charge in [-0.25, -0.2) is 9.18 Å². The van der Waals surface area contributed by atoms with Crippen LogP contribution in [-0.4, -0.2) is 46.8 Å². The Balaban J connectivity index is 0.00000289. The Labute approximate surface area is 214 Å². The topological polar surface area (TPSA) is 61.4 Å². The lowest BCUT2D eigenvalue weighted by atomic mass is 10.0. The molecule has 1 fully saturated rings. The van der Waals surface area contributed by atoms with Gasteiger partial charge in [-0.15, -0.1) is 22.6 Å². The van der Waals surface area contributed by atoms with Crippen molar-refractivity contribution in [2.24, 2.45) is 0 Å². The van der Waals surface area contributed by atoms with Crippen molar-refractivity contribution in [2.45, 2.75) is 13.0 Å². The van der Waals surface area contributed by atoms with Crippen molar-refractivity contribution in [3.05, 3.63) is 83.6 Å². The largest absolute Gasteiger partial charge is 0.348 e. The molecule has 1 aliphatic rings. The number of carbonyl (C=O) groups is 1. The summed E-state index contributed by atoms with van der Waals surface area (Å²) < 4.78 is 13.4. The third-order valence-electron chi connectivity index (χ3n) is 6.07. The average Bonchev–Trinajstić information content (AvgIpc) is 2.85. The molecule has 4 aromatic rings. The summed E-state index contributed by atoms with van der Waals surface area (Å²) in [6, 6.07) is 21.2. The van der Waals surface area contributed by atoms with Gasteiger partial charge in [-0.3, -0.25) is 0 Å². The Bertz CT molecular complexity index is 1330. The summed E-state index contributed by atoms with van der Waals surface area (Å²) in [4.78, 5) is 16.8. The maximum atomic E-state index is 13.4. The molecule has 9 heteroatoms. The van der Waals surface area contributed by atoms with Crippen molar-refractivity contribution in [1.29, 1.82) is 0 Å². The number of aromatic nitrogens is 2. The van der Waals surface area contributed by atoms with Crippen LogP contribution in [0.3, 0.4) is 0 Å². The molecule has 0 radical (unpaired) electrons. The molecule has 180 valence electrons. The van der Waals surface area contributed by atoms with Crippen molar-refractivity contribution in [2.75, 3.05) is 29.9 Å². The second kappa shape index (κ2) is 10.5. The Morgan fingerprint density at radius 3 is 2.34 bits per heavy atom. The van der Waals surface area contributed by atoms with E-state index < -0.39 is 0 Å². The number of hydrogen-bond donors (Lipinski definition) is 1. The molecule has 1 aliphatic heterocycles. The third kappa shape index (κ3) is 5.16. The highest BCUT2D eigenvalue weighted by atomic mass is 35.5. The van der Waals surface area contributed by atoms with Crippen LogP contribution in [0, 0.1) is 5.82 Å². The average molecular weight is 512 g/mol. The van der Waals surface area contributed by atoms with E-state index in [2.05, 4.69) is 27.3 Å². The van der Waals surface area contributed by atoms with Gasteiger partial charge in [-0.05, 0) is 55.5 Å². The minimum Gasteiger partial charge on any atom is -0.348 e. The van der Waals surface area contributed by atoms with Gasteiger partial charge < -0.3 is 15.1 Å². The zero-order valence-electron chi connectivity index (χ0n) is 19.0. The molecule has 1 atom stereocenters. The molecule has 1 aromatic heterocycles. The van der Waals surface area contributed by atoms with Crippen molar-refractivity contribution < 1.29 is 9.18 Å². The number of piperazine rings is 1. The van der Waals surface area contributed by atoms with Crippen LogP contribution < -0.4 is 10.2 Å². The van der Waals surface area contributed by atoms with Crippen molar-refractivity contribution in [1.82, 2.24) is 15.1 Å². The molecule has 0 aliphatic carbocycles. The van der Waals surface area contributed by atoms with Crippen LogP contribution in [0.5, 0.6) is 0 Å². The van der Waals surface area contributed by atoms with Crippen molar-refractivity contribution >= 4 is 52.3 Å². The molecule has 0 bridgehead atoms. The zero-order chi connectivity index (χ0) is 23.7. The van der Waals surface area contributed by atoms with E-state index in [4.69, 9.17) is 11.6 Å².